The summed E-state index contributed by atoms with van der Waals surface area (Å²) in [5.74, 6) is 0.624. The van der Waals surface area contributed by atoms with Gasteiger partial charge in [-0.15, -0.1) is 0 Å². The van der Waals surface area contributed by atoms with Crippen molar-refractivity contribution in [2.24, 2.45) is 0 Å². The molecule has 102 valence electrons. The number of urea groups is 1. The molecule has 0 atom stereocenters. The maximum atomic E-state index is 12.1. The molecule has 1 aromatic heterocycles. The second kappa shape index (κ2) is 7.36. The van der Waals surface area contributed by atoms with E-state index in [0.717, 1.165) is 17.7 Å². The van der Waals surface area contributed by atoms with Crippen LogP contribution in [0, 0.1) is 6.92 Å². The van der Waals surface area contributed by atoms with Crippen LogP contribution in [0.4, 0.5) is 10.6 Å². The predicted molar refractivity (Wildman–Crippen MR) is 79.1 cm³/mol. The van der Waals surface area contributed by atoms with Crippen molar-refractivity contribution < 1.29 is 4.79 Å². The molecule has 0 saturated heterocycles. The number of carbonyl (C=O) groups is 1. The summed E-state index contributed by atoms with van der Waals surface area (Å²) in [5.41, 5.74) is 1.87. The molecule has 0 bridgehead atoms. The van der Waals surface area contributed by atoms with Crippen LogP contribution in [0.15, 0.2) is 42.3 Å². The molecular weight excluding hydrogens is 238 g/mol. The minimum atomic E-state index is -0.200. The van der Waals surface area contributed by atoms with Crippen molar-refractivity contribution in [2.75, 3.05) is 11.9 Å². The van der Waals surface area contributed by atoms with E-state index in [1.807, 2.05) is 51.1 Å². The van der Waals surface area contributed by atoms with E-state index in [-0.39, 0.29) is 6.03 Å². The molecule has 0 spiro atoms. The second-order valence-corrected chi connectivity index (χ2v) is 4.25. The summed E-state index contributed by atoms with van der Waals surface area (Å²) in [5, 5.41) is 2.85. The predicted octanol–water partition coefficient (Wildman–Crippen LogP) is 3.41. The number of carbonyl (C=O) groups excluding carboxylic acids is 1. The molecule has 0 aliphatic heterocycles. The Balaban J connectivity index is 2.77. The summed E-state index contributed by atoms with van der Waals surface area (Å²) < 4.78 is 0. The van der Waals surface area contributed by atoms with E-state index in [4.69, 9.17) is 0 Å². The van der Waals surface area contributed by atoms with Crippen LogP contribution in [0.5, 0.6) is 0 Å². The average Bonchev–Trinajstić information content (AvgIpc) is 2.39. The lowest BCUT2D eigenvalue weighted by atomic mass is 10.3. The molecule has 4 heteroatoms. The maximum Gasteiger partial charge on any atom is 0.327 e. The summed E-state index contributed by atoms with van der Waals surface area (Å²) in [6, 6.07) is 3.56. The van der Waals surface area contributed by atoms with Gasteiger partial charge in [0.1, 0.15) is 5.82 Å². The van der Waals surface area contributed by atoms with Crippen molar-refractivity contribution in [3.8, 4) is 0 Å². The quantitative estimate of drug-likeness (QED) is 0.842. The number of aryl methyl sites for hydroxylation is 1. The number of nitrogens with one attached hydrogen (secondary N) is 1. The highest BCUT2D eigenvalue weighted by atomic mass is 16.2. The monoisotopic (exact) mass is 259 g/mol. The zero-order chi connectivity index (χ0) is 14.3. The second-order valence-electron chi connectivity index (χ2n) is 4.25. The summed E-state index contributed by atoms with van der Waals surface area (Å²) in [7, 11) is 1.70. The highest BCUT2D eigenvalue weighted by Gasteiger charge is 2.11. The first-order valence-electron chi connectivity index (χ1n) is 6.38. The molecule has 2 amide bonds. The topological polar surface area (TPSA) is 45.2 Å². The van der Waals surface area contributed by atoms with E-state index in [2.05, 4.69) is 10.3 Å². The third kappa shape index (κ3) is 4.58. The molecule has 0 fully saturated rings. The van der Waals surface area contributed by atoms with E-state index in [0.29, 0.717) is 5.82 Å². The van der Waals surface area contributed by atoms with Gasteiger partial charge in [0.25, 0.3) is 0 Å². The van der Waals surface area contributed by atoms with E-state index in [9.17, 15) is 4.79 Å². The largest absolute Gasteiger partial charge is 0.327 e. The summed E-state index contributed by atoms with van der Waals surface area (Å²) in [4.78, 5) is 17.8. The molecule has 1 aromatic rings. The first-order valence-corrected chi connectivity index (χ1v) is 6.38. The Labute approximate surface area is 114 Å². The Morgan fingerprint density at radius 2 is 2.21 bits per heavy atom. The van der Waals surface area contributed by atoms with Gasteiger partial charge in [-0.2, -0.15) is 0 Å². The van der Waals surface area contributed by atoms with Crippen molar-refractivity contribution in [3.05, 3.63) is 47.8 Å². The van der Waals surface area contributed by atoms with Gasteiger partial charge < -0.3 is 5.32 Å². The maximum absolute atomic E-state index is 12.1. The lowest BCUT2D eigenvalue weighted by molar-refractivity contribution is 0.250. The molecule has 0 unspecified atom stereocenters. The molecule has 0 aromatic carbocycles. The van der Waals surface area contributed by atoms with E-state index >= 15 is 0 Å². The van der Waals surface area contributed by atoms with Crippen molar-refractivity contribution in [1.29, 1.82) is 0 Å². The van der Waals surface area contributed by atoms with Gasteiger partial charge in [0, 0.05) is 18.9 Å². The summed E-state index contributed by atoms with van der Waals surface area (Å²) in [6.45, 7) is 5.91. The van der Waals surface area contributed by atoms with E-state index < -0.39 is 0 Å². The normalized spacial score (nSPS) is 11.7. The average molecular weight is 259 g/mol. The minimum Gasteiger partial charge on any atom is -0.308 e. The number of anilines is 1. The number of pyridine rings is 1. The summed E-state index contributed by atoms with van der Waals surface area (Å²) >= 11 is 0. The number of rotatable bonds is 4. The lowest BCUT2D eigenvalue weighted by Crippen LogP contribution is -2.36. The Kier molecular flexibility index (Phi) is 5.79. The van der Waals surface area contributed by atoms with Gasteiger partial charge in [-0.25, -0.2) is 9.78 Å². The molecule has 19 heavy (non-hydrogen) atoms. The van der Waals surface area contributed by atoms with Crippen LogP contribution < -0.4 is 10.2 Å². The standard InChI is InChI=1S/C15H21N3O/c1-5-7-13(8-6-2)17-15(19)18(4)14-10-9-12(3)11-16-14/h5,7-11H,6H2,1-4H3,(H,17,19)/b7-5-,13-8+. The van der Waals surface area contributed by atoms with Gasteiger partial charge >= 0.3 is 6.03 Å². The van der Waals surface area contributed by atoms with Crippen molar-refractivity contribution >= 4 is 11.8 Å². The number of aromatic nitrogens is 1. The van der Waals surface area contributed by atoms with Gasteiger partial charge in [0.15, 0.2) is 0 Å². The zero-order valence-electron chi connectivity index (χ0n) is 12.0. The molecule has 0 aliphatic rings. The zero-order valence-corrected chi connectivity index (χ0v) is 12.0. The van der Waals surface area contributed by atoms with Gasteiger partial charge in [0.05, 0.1) is 0 Å². The Bertz CT molecular complexity index is 475. The van der Waals surface area contributed by atoms with Gasteiger partial charge in [-0.05, 0) is 38.0 Å². The number of allylic oxidation sites excluding steroid dienone is 3. The molecule has 4 nitrogen and oxygen atoms in total. The molecule has 0 radical (unpaired) electrons. The van der Waals surface area contributed by atoms with Gasteiger partial charge in [-0.3, -0.25) is 4.90 Å². The first-order chi connectivity index (χ1) is 9.08. The smallest absolute Gasteiger partial charge is 0.308 e. The molecular formula is C15H21N3O. The molecule has 1 rings (SSSR count). The Morgan fingerprint density at radius 1 is 1.47 bits per heavy atom. The van der Waals surface area contributed by atoms with E-state index in [1.165, 1.54) is 4.90 Å². The van der Waals surface area contributed by atoms with Crippen LogP contribution in [-0.4, -0.2) is 18.1 Å². The van der Waals surface area contributed by atoms with Crippen LogP contribution >= 0.6 is 0 Å². The Hall–Kier alpha value is -2.10. The van der Waals surface area contributed by atoms with Crippen LogP contribution in [0.1, 0.15) is 25.8 Å². The third-order valence-corrected chi connectivity index (χ3v) is 2.57. The number of amides is 2. The lowest BCUT2D eigenvalue weighted by Gasteiger charge is -2.17. The van der Waals surface area contributed by atoms with E-state index in [1.54, 1.807) is 13.2 Å². The SMILES string of the molecule is C/C=C\C(=C/CC)NC(=O)N(C)c1ccc(C)cn1. The van der Waals surface area contributed by atoms with Gasteiger partial charge in [0.2, 0.25) is 0 Å². The fourth-order valence-corrected chi connectivity index (χ4v) is 1.53. The van der Waals surface area contributed by atoms with Crippen molar-refractivity contribution in [2.45, 2.75) is 27.2 Å². The highest BCUT2D eigenvalue weighted by molar-refractivity contribution is 5.91. The molecule has 1 N–H and O–H groups in total. The van der Waals surface area contributed by atoms with Crippen LogP contribution in [0.3, 0.4) is 0 Å². The highest BCUT2D eigenvalue weighted by Crippen LogP contribution is 2.09. The fourth-order valence-electron chi connectivity index (χ4n) is 1.53. The number of nitrogens with zero attached hydrogens (tertiary/aromatic N) is 2. The summed E-state index contributed by atoms with van der Waals surface area (Å²) in [6.07, 6.45) is 8.35. The minimum absolute atomic E-state index is 0.200. The molecule has 0 saturated carbocycles. The third-order valence-electron chi connectivity index (χ3n) is 2.57. The number of hydrogen-bond donors (Lipinski definition) is 1. The molecule has 0 aliphatic carbocycles. The first kappa shape index (κ1) is 15.0. The van der Waals surface area contributed by atoms with Crippen molar-refractivity contribution in [1.82, 2.24) is 10.3 Å². The van der Waals surface area contributed by atoms with Crippen molar-refractivity contribution in [3.63, 3.8) is 0 Å². The van der Waals surface area contributed by atoms with Crippen LogP contribution in [-0.2, 0) is 0 Å². The van der Waals surface area contributed by atoms with Crippen LogP contribution in [0.25, 0.3) is 0 Å². The van der Waals surface area contributed by atoms with Crippen LogP contribution in [0.2, 0.25) is 0 Å². The fraction of sp³-hybridized carbons (Fsp3) is 0.333. The van der Waals surface area contributed by atoms with Gasteiger partial charge in [-0.1, -0.05) is 25.1 Å². The molecule has 1 heterocycles. The Morgan fingerprint density at radius 3 is 2.74 bits per heavy atom. The number of hydrogen-bond acceptors (Lipinski definition) is 2.